The molecule has 0 saturated heterocycles. The number of hydrogen-bond donors (Lipinski definition) is 1. The first-order valence-electron chi connectivity index (χ1n) is 4.75. The highest BCUT2D eigenvalue weighted by Gasteiger charge is 2.02. The van der Waals surface area contributed by atoms with Gasteiger partial charge in [-0.25, -0.2) is 4.79 Å². The first-order valence-corrected chi connectivity index (χ1v) is 4.75. The van der Waals surface area contributed by atoms with Crippen molar-refractivity contribution in [3.63, 3.8) is 0 Å². The van der Waals surface area contributed by atoms with Crippen LogP contribution in [0.25, 0.3) is 0 Å². The lowest BCUT2D eigenvalue weighted by Gasteiger charge is -2.09. The highest BCUT2D eigenvalue weighted by Crippen LogP contribution is 1.89. The summed E-state index contributed by atoms with van der Waals surface area (Å²) < 4.78 is 9.58. The summed E-state index contributed by atoms with van der Waals surface area (Å²) in [6.07, 6.45) is 0.243. The molecular formula is C9H20N2O3. The average Bonchev–Trinajstić information content (AvgIpc) is 2.13. The Morgan fingerprint density at radius 3 is 2.50 bits per heavy atom. The molecule has 0 aliphatic heterocycles. The fourth-order valence-electron chi connectivity index (χ4n) is 0.814. The molecule has 0 aromatic rings. The van der Waals surface area contributed by atoms with Crippen LogP contribution in [0.2, 0.25) is 0 Å². The second kappa shape index (κ2) is 8.77. The lowest BCUT2D eigenvalue weighted by atomic mass is 10.4. The highest BCUT2D eigenvalue weighted by atomic mass is 16.7. The number of ether oxygens (including phenoxy) is 2. The maximum atomic E-state index is 10.9. The fraction of sp³-hybridized carbons (Fsp3) is 0.889. The molecule has 84 valence electrons. The SMILES string of the molecule is CNCCOC(=O)OCCCN(C)C. The van der Waals surface area contributed by atoms with Crippen molar-refractivity contribution in [2.75, 3.05) is 47.4 Å². The molecule has 5 nitrogen and oxygen atoms in total. The van der Waals surface area contributed by atoms with E-state index in [0.717, 1.165) is 13.0 Å². The molecule has 14 heavy (non-hydrogen) atoms. The van der Waals surface area contributed by atoms with Gasteiger partial charge in [0.05, 0.1) is 6.61 Å². The minimum atomic E-state index is -0.584. The van der Waals surface area contributed by atoms with Crippen LogP contribution in [0.1, 0.15) is 6.42 Å². The normalized spacial score (nSPS) is 10.3. The van der Waals surface area contributed by atoms with Crippen molar-refractivity contribution < 1.29 is 14.3 Å². The third kappa shape index (κ3) is 9.28. The van der Waals surface area contributed by atoms with E-state index in [1.54, 1.807) is 7.05 Å². The maximum absolute atomic E-state index is 10.9. The van der Waals surface area contributed by atoms with Crippen molar-refractivity contribution in [2.45, 2.75) is 6.42 Å². The van der Waals surface area contributed by atoms with Crippen LogP contribution in [0.4, 0.5) is 4.79 Å². The number of likely N-dealkylation sites (N-methyl/N-ethyl adjacent to an activating group) is 1. The first-order chi connectivity index (χ1) is 6.66. The minimum absolute atomic E-state index is 0.350. The van der Waals surface area contributed by atoms with Crippen LogP contribution in [0.5, 0.6) is 0 Å². The number of carbonyl (C=O) groups is 1. The Bertz CT molecular complexity index is 151. The van der Waals surface area contributed by atoms with E-state index < -0.39 is 6.16 Å². The molecule has 0 amide bonds. The number of hydrogen-bond acceptors (Lipinski definition) is 5. The van der Waals surface area contributed by atoms with E-state index in [-0.39, 0.29) is 0 Å². The molecule has 0 rings (SSSR count). The Kier molecular flexibility index (Phi) is 8.27. The number of nitrogens with one attached hydrogen (secondary N) is 1. The fourth-order valence-corrected chi connectivity index (χ4v) is 0.814. The lowest BCUT2D eigenvalue weighted by molar-refractivity contribution is 0.0543. The Hall–Kier alpha value is -0.810. The van der Waals surface area contributed by atoms with Gasteiger partial charge in [0.15, 0.2) is 0 Å². The predicted octanol–water partition coefficient (Wildman–Crippen LogP) is 0.311. The Morgan fingerprint density at radius 1 is 1.29 bits per heavy atom. The summed E-state index contributed by atoms with van der Waals surface area (Å²) in [4.78, 5) is 12.9. The van der Waals surface area contributed by atoms with Crippen molar-refractivity contribution in [3.05, 3.63) is 0 Å². The van der Waals surface area contributed by atoms with Crippen LogP contribution in [0.3, 0.4) is 0 Å². The molecule has 1 N–H and O–H groups in total. The van der Waals surface area contributed by atoms with Gasteiger partial charge in [0.1, 0.15) is 6.61 Å². The van der Waals surface area contributed by atoms with Crippen LogP contribution in [-0.2, 0) is 9.47 Å². The van der Waals surface area contributed by atoms with E-state index in [0.29, 0.717) is 19.8 Å². The standard InChI is InChI=1S/C9H20N2O3/c1-10-5-8-14-9(12)13-7-4-6-11(2)3/h10H,4-8H2,1-3H3. The van der Waals surface area contributed by atoms with Gasteiger partial charge in [0.2, 0.25) is 0 Å². The zero-order chi connectivity index (χ0) is 10.8. The number of rotatable bonds is 7. The third-order valence-corrected chi connectivity index (χ3v) is 1.54. The first kappa shape index (κ1) is 13.2. The zero-order valence-electron chi connectivity index (χ0n) is 9.21. The van der Waals surface area contributed by atoms with Gasteiger partial charge in [-0.2, -0.15) is 0 Å². The van der Waals surface area contributed by atoms with Gasteiger partial charge in [0.25, 0.3) is 0 Å². The molecule has 0 heterocycles. The monoisotopic (exact) mass is 204 g/mol. The average molecular weight is 204 g/mol. The summed E-state index contributed by atoms with van der Waals surface area (Å²) in [6.45, 7) is 2.32. The molecule has 0 aliphatic carbocycles. The van der Waals surface area contributed by atoms with Gasteiger partial charge in [-0.3, -0.25) is 0 Å². The predicted molar refractivity (Wildman–Crippen MR) is 54.4 cm³/mol. The van der Waals surface area contributed by atoms with Crippen molar-refractivity contribution in [2.24, 2.45) is 0 Å². The van der Waals surface area contributed by atoms with E-state index in [2.05, 4.69) is 5.32 Å². The molecule has 0 spiro atoms. The van der Waals surface area contributed by atoms with Crippen molar-refractivity contribution >= 4 is 6.16 Å². The third-order valence-electron chi connectivity index (χ3n) is 1.54. The van der Waals surface area contributed by atoms with Crippen LogP contribution >= 0.6 is 0 Å². The Morgan fingerprint density at radius 2 is 1.93 bits per heavy atom. The summed E-state index contributed by atoms with van der Waals surface area (Å²) in [7, 11) is 5.75. The summed E-state index contributed by atoms with van der Waals surface area (Å²) in [5.41, 5.74) is 0. The quantitative estimate of drug-likeness (QED) is 0.478. The number of carbonyl (C=O) groups excluding carboxylic acids is 1. The second-order valence-corrected chi connectivity index (χ2v) is 3.21. The van der Waals surface area contributed by atoms with Gasteiger partial charge >= 0.3 is 6.16 Å². The maximum Gasteiger partial charge on any atom is 0.508 e. The summed E-state index contributed by atoms with van der Waals surface area (Å²) in [5, 5.41) is 2.87. The van der Waals surface area contributed by atoms with Crippen molar-refractivity contribution in [1.29, 1.82) is 0 Å². The molecule has 0 aromatic heterocycles. The summed E-state index contributed by atoms with van der Waals surface area (Å²) >= 11 is 0. The summed E-state index contributed by atoms with van der Waals surface area (Å²) in [5.74, 6) is 0. The molecular weight excluding hydrogens is 184 g/mol. The van der Waals surface area contributed by atoms with Gasteiger partial charge in [-0.15, -0.1) is 0 Å². The van der Waals surface area contributed by atoms with E-state index in [1.165, 1.54) is 0 Å². The Labute approximate surface area is 85.4 Å². The molecule has 0 bridgehead atoms. The zero-order valence-corrected chi connectivity index (χ0v) is 9.21. The van der Waals surface area contributed by atoms with Crippen LogP contribution in [0, 0.1) is 0 Å². The molecule has 0 fully saturated rings. The van der Waals surface area contributed by atoms with Crippen LogP contribution < -0.4 is 5.32 Å². The van der Waals surface area contributed by atoms with E-state index in [4.69, 9.17) is 9.47 Å². The topological polar surface area (TPSA) is 50.8 Å². The lowest BCUT2D eigenvalue weighted by Crippen LogP contribution is -2.19. The largest absolute Gasteiger partial charge is 0.508 e. The van der Waals surface area contributed by atoms with Gasteiger partial charge < -0.3 is 19.7 Å². The van der Waals surface area contributed by atoms with E-state index >= 15 is 0 Å². The second-order valence-electron chi connectivity index (χ2n) is 3.21. The number of nitrogens with zero attached hydrogens (tertiary/aromatic N) is 1. The summed E-state index contributed by atoms with van der Waals surface area (Å²) in [6, 6.07) is 0. The highest BCUT2D eigenvalue weighted by molar-refractivity contribution is 5.59. The molecule has 0 aromatic carbocycles. The van der Waals surface area contributed by atoms with E-state index in [1.807, 2.05) is 19.0 Å². The minimum Gasteiger partial charge on any atom is -0.434 e. The van der Waals surface area contributed by atoms with Gasteiger partial charge in [-0.1, -0.05) is 0 Å². The molecule has 0 saturated carbocycles. The Balaban J connectivity index is 3.18. The smallest absolute Gasteiger partial charge is 0.434 e. The molecule has 0 radical (unpaired) electrons. The molecule has 0 aliphatic rings. The molecule has 5 heteroatoms. The molecule has 0 atom stereocenters. The van der Waals surface area contributed by atoms with E-state index in [9.17, 15) is 4.79 Å². The van der Waals surface area contributed by atoms with Crippen molar-refractivity contribution in [3.8, 4) is 0 Å². The van der Waals surface area contributed by atoms with Crippen LogP contribution in [0.15, 0.2) is 0 Å². The van der Waals surface area contributed by atoms with Gasteiger partial charge in [-0.05, 0) is 27.6 Å². The molecule has 0 unspecified atom stereocenters. The van der Waals surface area contributed by atoms with Gasteiger partial charge in [0, 0.05) is 13.1 Å². The van der Waals surface area contributed by atoms with Crippen molar-refractivity contribution in [1.82, 2.24) is 10.2 Å². The van der Waals surface area contributed by atoms with Crippen LogP contribution in [-0.4, -0.2) is 58.5 Å².